The van der Waals surface area contributed by atoms with Crippen LogP contribution in [0.2, 0.25) is 0 Å². The lowest BCUT2D eigenvalue weighted by Gasteiger charge is -2.12. The van der Waals surface area contributed by atoms with Crippen LogP contribution in [0, 0.1) is 6.92 Å². The average Bonchev–Trinajstić information content (AvgIpc) is 3.08. The molecule has 5 nitrogen and oxygen atoms in total. The molecule has 3 aromatic rings. The van der Waals surface area contributed by atoms with Gasteiger partial charge in [-0.15, -0.1) is 11.3 Å². The number of amides is 1. The molecular weight excluding hydrogens is 374 g/mol. The van der Waals surface area contributed by atoms with Gasteiger partial charge in [-0.25, -0.2) is 4.98 Å². The molecule has 27 heavy (non-hydrogen) atoms. The second-order valence-electron chi connectivity index (χ2n) is 5.53. The summed E-state index contributed by atoms with van der Waals surface area (Å²) in [4.78, 5) is 16.4. The van der Waals surface area contributed by atoms with Gasteiger partial charge < -0.3 is 14.8 Å². The van der Waals surface area contributed by atoms with E-state index in [2.05, 4.69) is 15.0 Å². The van der Waals surface area contributed by atoms with Crippen LogP contribution in [-0.2, 0) is 4.79 Å². The molecule has 1 aromatic heterocycles. The quantitative estimate of drug-likeness (QED) is 0.633. The van der Waals surface area contributed by atoms with Crippen molar-refractivity contribution in [2.24, 2.45) is 0 Å². The molecule has 0 aliphatic carbocycles. The molecule has 1 heterocycles. The average molecular weight is 390 g/mol. The molecule has 0 saturated carbocycles. The standard InChI is InChI=1S/C19H16F2N2O3S/c1-12-11-27-18(22-12)13-6-8-14(9-7-13)25-10-17(24)23-15-4-2-3-5-16(15)26-19(20)21/h2-9,11,19H,10H2,1H3,(H,23,24). The fraction of sp³-hybridized carbons (Fsp3) is 0.158. The highest BCUT2D eigenvalue weighted by Crippen LogP contribution is 2.26. The molecule has 8 heteroatoms. The maximum Gasteiger partial charge on any atom is 0.387 e. The summed E-state index contributed by atoms with van der Waals surface area (Å²) < 4.78 is 34.6. The molecule has 0 spiro atoms. The highest BCUT2D eigenvalue weighted by Gasteiger charge is 2.12. The first-order chi connectivity index (χ1) is 13.0. The number of ether oxygens (including phenoxy) is 2. The van der Waals surface area contributed by atoms with E-state index >= 15 is 0 Å². The molecule has 1 N–H and O–H groups in total. The molecule has 0 bridgehead atoms. The molecule has 0 unspecified atom stereocenters. The van der Waals surface area contributed by atoms with Gasteiger partial charge in [0, 0.05) is 16.6 Å². The van der Waals surface area contributed by atoms with Gasteiger partial charge >= 0.3 is 6.61 Å². The number of alkyl halides is 2. The molecule has 140 valence electrons. The molecule has 0 fully saturated rings. The summed E-state index contributed by atoms with van der Waals surface area (Å²) >= 11 is 1.55. The van der Waals surface area contributed by atoms with Gasteiger partial charge in [-0.05, 0) is 43.3 Å². The number of hydrogen-bond acceptors (Lipinski definition) is 5. The Kier molecular flexibility index (Phi) is 5.97. The highest BCUT2D eigenvalue weighted by atomic mass is 32.1. The Hall–Kier alpha value is -3.00. The number of nitrogens with zero attached hydrogens (tertiary/aromatic N) is 1. The van der Waals surface area contributed by atoms with Crippen LogP contribution in [0.4, 0.5) is 14.5 Å². The number of aryl methyl sites for hydroxylation is 1. The minimum Gasteiger partial charge on any atom is -0.484 e. The number of para-hydroxylation sites is 2. The largest absolute Gasteiger partial charge is 0.484 e. The van der Waals surface area contributed by atoms with Crippen molar-refractivity contribution in [2.75, 3.05) is 11.9 Å². The van der Waals surface area contributed by atoms with Gasteiger partial charge in [0.1, 0.15) is 16.5 Å². The van der Waals surface area contributed by atoms with Crippen LogP contribution >= 0.6 is 11.3 Å². The van der Waals surface area contributed by atoms with Crippen molar-refractivity contribution in [1.29, 1.82) is 0 Å². The van der Waals surface area contributed by atoms with Crippen LogP contribution in [0.25, 0.3) is 10.6 Å². The van der Waals surface area contributed by atoms with E-state index in [1.54, 1.807) is 29.5 Å². The Labute approximate surface area is 158 Å². The fourth-order valence-electron chi connectivity index (χ4n) is 2.28. The number of halogens is 2. The number of carbonyl (C=O) groups excluding carboxylic acids is 1. The van der Waals surface area contributed by atoms with E-state index in [4.69, 9.17) is 4.74 Å². The van der Waals surface area contributed by atoms with Crippen molar-refractivity contribution in [1.82, 2.24) is 4.98 Å². The summed E-state index contributed by atoms with van der Waals surface area (Å²) in [7, 11) is 0. The summed E-state index contributed by atoms with van der Waals surface area (Å²) in [6.45, 7) is -1.31. The minimum absolute atomic E-state index is 0.107. The van der Waals surface area contributed by atoms with Gasteiger partial charge in [-0.1, -0.05) is 12.1 Å². The van der Waals surface area contributed by atoms with Crippen LogP contribution in [0.3, 0.4) is 0 Å². The Morgan fingerprint density at radius 2 is 1.93 bits per heavy atom. The van der Waals surface area contributed by atoms with Crippen molar-refractivity contribution >= 4 is 22.9 Å². The van der Waals surface area contributed by atoms with E-state index in [1.165, 1.54) is 18.2 Å². The Balaban J connectivity index is 1.56. The summed E-state index contributed by atoms with van der Waals surface area (Å²) in [6.07, 6.45) is 0. The third-order valence-corrected chi connectivity index (χ3v) is 4.48. The van der Waals surface area contributed by atoms with Gasteiger partial charge in [0.05, 0.1) is 5.69 Å². The maximum absolute atomic E-state index is 12.4. The predicted molar refractivity (Wildman–Crippen MR) is 99.5 cm³/mol. The van der Waals surface area contributed by atoms with E-state index in [9.17, 15) is 13.6 Å². The van der Waals surface area contributed by atoms with Gasteiger partial charge in [0.25, 0.3) is 5.91 Å². The number of anilines is 1. The zero-order valence-electron chi connectivity index (χ0n) is 14.3. The minimum atomic E-state index is -2.97. The van der Waals surface area contributed by atoms with Gasteiger partial charge in [0.15, 0.2) is 6.61 Å². The normalized spacial score (nSPS) is 10.7. The predicted octanol–water partition coefficient (Wildman–Crippen LogP) is 4.74. The van der Waals surface area contributed by atoms with Crippen LogP contribution in [0.5, 0.6) is 11.5 Å². The van der Waals surface area contributed by atoms with Crippen molar-refractivity contribution < 1.29 is 23.0 Å². The summed E-state index contributed by atoms with van der Waals surface area (Å²) in [5.41, 5.74) is 2.08. The molecule has 1 amide bonds. The third-order valence-electron chi connectivity index (χ3n) is 3.47. The van der Waals surface area contributed by atoms with Crippen molar-refractivity contribution in [2.45, 2.75) is 13.5 Å². The lowest BCUT2D eigenvalue weighted by Crippen LogP contribution is -2.20. The lowest BCUT2D eigenvalue weighted by molar-refractivity contribution is -0.118. The lowest BCUT2D eigenvalue weighted by atomic mass is 10.2. The van der Waals surface area contributed by atoms with Crippen LogP contribution in [0.1, 0.15) is 5.69 Å². The Morgan fingerprint density at radius 3 is 2.59 bits per heavy atom. The van der Waals surface area contributed by atoms with E-state index in [0.717, 1.165) is 16.3 Å². The first-order valence-corrected chi connectivity index (χ1v) is 8.88. The van der Waals surface area contributed by atoms with Gasteiger partial charge in [0.2, 0.25) is 0 Å². The van der Waals surface area contributed by atoms with E-state index < -0.39 is 12.5 Å². The SMILES string of the molecule is Cc1csc(-c2ccc(OCC(=O)Nc3ccccc3OC(F)F)cc2)n1. The van der Waals surface area contributed by atoms with Crippen LogP contribution in [0.15, 0.2) is 53.9 Å². The Morgan fingerprint density at radius 1 is 1.19 bits per heavy atom. The number of benzene rings is 2. The van der Waals surface area contributed by atoms with Crippen molar-refractivity contribution in [3.63, 3.8) is 0 Å². The molecule has 0 radical (unpaired) electrons. The first-order valence-electron chi connectivity index (χ1n) is 8.00. The molecule has 0 saturated heterocycles. The fourth-order valence-corrected chi connectivity index (χ4v) is 3.09. The Bertz CT molecular complexity index is 913. The smallest absolute Gasteiger partial charge is 0.387 e. The molecule has 0 atom stereocenters. The third kappa shape index (κ3) is 5.24. The number of carbonyl (C=O) groups is 1. The molecule has 3 rings (SSSR count). The van der Waals surface area contributed by atoms with E-state index in [0.29, 0.717) is 5.75 Å². The molecular formula is C19H16F2N2O3S. The van der Waals surface area contributed by atoms with Crippen LogP contribution in [-0.4, -0.2) is 24.1 Å². The zero-order chi connectivity index (χ0) is 19.2. The molecule has 0 aliphatic rings. The summed E-state index contributed by atoms with van der Waals surface area (Å²) in [6, 6.07) is 13.2. The summed E-state index contributed by atoms with van der Waals surface area (Å²) in [5, 5.41) is 5.38. The topological polar surface area (TPSA) is 60.5 Å². The number of aromatic nitrogens is 1. The van der Waals surface area contributed by atoms with Gasteiger partial charge in [-0.2, -0.15) is 8.78 Å². The highest BCUT2D eigenvalue weighted by molar-refractivity contribution is 7.13. The maximum atomic E-state index is 12.4. The number of thiazole rings is 1. The molecule has 0 aliphatic heterocycles. The van der Waals surface area contributed by atoms with E-state index in [1.807, 2.05) is 24.4 Å². The number of nitrogens with one attached hydrogen (secondary N) is 1. The number of rotatable bonds is 7. The van der Waals surface area contributed by atoms with E-state index in [-0.39, 0.29) is 18.0 Å². The van der Waals surface area contributed by atoms with Crippen molar-refractivity contribution in [3.8, 4) is 22.1 Å². The van der Waals surface area contributed by atoms with Crippen LogP contribution < -0.4 is 14.8 Å². The van der Waals surface area contributed by atoms with Crippen molar-refractivity contribution in [3.05, 3.63) is 59.6 Å². The summed E-state index contributed by atoms with van der Waals surface area (Å²) in [5.74, 6) is -0.0804. The zero-order valence-corrected chi connectivity index (χ0v) is 15.1. The van der Waals surface area contributed by atoms with Gasteiger partial charge in [-0.3, -0.25) is 4.79 Å². The monoisotopic (exact) mass is 390 g/mol. The number of hydrogen-bond donors (Lipinski definition) is 1. The molecule has 2 aromatic carbocycles. The second kappa shape index (κ2) is 8.59. The second-order valence-corrected chi connectivity index (χ2v) is 6.39. The first kappa shape index (κ1) is 18.8.